The molecule has 0 aromatic rings. The Labute approximate surface area is 139 Å². The van der Waals surface area contributed by atoms with E-state index in [4.69, 9.17) is 0 Å². The Hall–Kier alpha value is -1.26. The molecule has 2 aliphatic heterocycles. The van der Waals surface area contributed by atoms with E-state index >= 15 is 0 Å². The number of hydrogen-bond acceptors (Lipinski definition) is 2. The van der Waals surface area contributed by atoms with Gasteiger partial charge in [0, 0.05) is 32.2 Å². The van der Waals surface area contributed by atoms with Crippen molar-refractivity contribution in [2.45, 2.75) is 64.3 Å². The summed E-state index contributed by atoms with van der Waals surface area (Å²) in [6.07, 6.45) is 8.74. The standard InChI is InChI=1S/C18H31N3O2/c1-14-6-8-16(9-7-14)19-17(22)15-5-4-12-21(13-15)18(23)20-10-2-3-11-20/h14-16H,2-13H2,1H3,(H,19,22)/t14?,15-,16?/m0/s1. The second-order valence-electron chi connectivity index (χ2n) is 7.73. The molecule has 0 bridgehead atoms. The largest absolute Gasteiger partial charge is 0.353 e. The van der Waals surface area contributed by atoms with Crippen LogP contribution in [0.15, 0.2) is 0 Å². The Bertz CT molecular complexity index is 426. The molecular formula is C18H31N3O2. The summed E-state index contributed by atoms with van der Waals surface area (Å²) in [6, 6.07) is 0.495. The third-order valence-electron chi connectivity index (χ3n) is 5.80. The lowest BCUT2D eigenvalue weighted by Gasteiger charge is -2.35. The van der Waals surface area contributed by atoms with Crippen LogP contribution in [-0.4, -0.2) is 54.0 Å². The maximum Gasteiger partial charge on any atom is 0.320 e. The van der Waals surface area contributed by atoms with Crippen molar-refractivity contribution in [3.05, 3.63) is 0 Å². The molecule has 1 saturated carbocycles. The summed E-state index contributed by atoms with van der Waals surface area (Å²) in [7, 11) is 0. The van der Waals surface area contributed by atoms with Gasteiger partial charge in [0.05, 0.1) is 5.92 Å². The number of hydrogen-bond donors (Lipinski definition) is 1. The van der Waals surface area contributed by atoms with Crippen LogP contribution in [0.5, 0.6) is 0 Å². The summed E-state index contributed by atoms with van der Waals surface area (Å²) in [5.41, 5.74) is 0. The van der Waals surface area contributed by atoms with E-state index in [1.54, 1.807) is 0 Å². The van der Waals surface area contributed by atoms with Crippen LogP contribution in [0.4, 0.5) is 4.79 Å². The van der Waals surface area contributed by atoms with Gasteiger partial charge in [-0.25, -0.2) is 4.79 Å². The number of rotatable bonds is 2. The molecule has 2 heterocycles. The molecule has 0 unspecified atom stereocenters. The highest BCUT2D eigenvalue weighted by Gasteiger charge is 2.32. The molecule has 2 saturated heterocycles. The number of likely N-dealkylation sites (tertiary alicyclic amines) is 2. The molecule has 0 spiro atoms. The molecule has 5 heteroatoms. The molecule has 0 aromatic heterocycles. The van der Waals surface area contributed by atoms with Crippen molar-refractivity contribution in [1.82, 2.24) is 15.1 Å². The monoisotopic (exact) mass is 321 g/mol. The van der Waals surface area contributed by atoms with Gasteiger partial charge >= 0.3 is 6.03 Å². The fourth-order valence-electron chi connectivity index (χ4n) is 4.20. The second kappa shape index (κ2) is 7.54. The van der Waals surface area contributed by atoms with Gasteiger partial charge in [0.1, 0.15) is 0 Å². The highest BCUT2D eigenvalue weighted by Crippen LogP contribution is 2.25. The van der Waals surface area contributed by atoms with E-state index in [-0.39, 0.29) is 17.9 Å². The molecular weight excluding hydrogens is 290 g/mol. The van der Waals surface area contributed by atoms with Gasteiger partial charge in [0.2, 0.25) is 5.91 Å². The first kappa shape index (κ1) is 16.6. The maximum absolute atomic E-state index is 12.6. The van der Waals surface area contributed by atoms with E-state index in [1.165, 1.54) is 12.8 Å². The highest BCUT2D eigenvalue weighted by molar-refractivity contribution is 5.81. The summed E-state index contributed by atoms with van der Waals surface area (Å²) < 4.78 is 0. The molecule has 3 rings (SSSR count). The number of urea groups is 1. The molecule has 1 atom stereocenters. The van der Waals surface area contributed by atoms with Crippen LogP contribution in [0.1, 0.15) is 58.3 Å². The van der Waals surface area contributed by atoms with Gasteiger partial charge in [0.25, 0.3) is 0 Å². The zero-order chi connectivity index (χ0) is 16.2. The lowest BCUT2D eigenvalue weighted by atomic mass is 9.87. The number of carbonyl (C=O) groups is 2. The van der Waals surface area contributed by atoms with Crippen LogP contribution in [-0.2, 0) is 4.79 Å². The molecule has 1 aliphatic carbocycles. The molecule has 23 heavy (non-hydrogen) atoms. The smallest absolute Gasteiger partial charge is 0.320 e. The molecule has 3 aliphatic rings. The van der Waals surface area contributed by atoms with Crippen molar-refractivity contribution in [3.8, 4) is 0 Å². The Morgan fingerprint density at radius 2 is 1.52 bits per heavy atom. The lowest BCUT2D eigenvalue weighted by Crippen LogP contribution is -2.51. The van der Waals surface area contributed by atoms with Crippen molar-refractivity contribution in [2.75, 3.05) is 26.2 Å². The van der Waals surface area contributed by atoms with E-state index in [1.807, 2.05) is 9.80 Å². The third kappa shape index (κ3) is 4.18. The van der Waals surface area contributed by atoms with Crippen LogP contribution in [0.3, 0.4) is 0 Å². The minimum Gasteiger partial charge on any atom is -0.353 e. The Kier molecular flexibility index (Phi) is 5.44. The minimum absolute atomic E-state index is 0.0188. The summed E-state index contributed by atoms with van der Waals surface area (Å²) in [5.74, 6) is 0.949. The SMILES string of the molecule is CC1CCC(NC(=O)[C@H]2CCCN(C(=O)N3CCCC3)C2)CC1. The van der Waals surface area contributed by atoms with Gasteiger partial charge in [0.15, 0.2) is 0 Å². The number of amides is 3. The summed E-state index contributed by atoms with van der Waals surface area (Å²) in [4.78, 5) is 28.9. The molecule has 130 valence electrons. The van der Waals surface area contributed by atoms with Gasteiger partial charge < -0.3 is 15.1 Å². The van der Waals surface area contributed by atoms with E-state index < -0.39 is 0 Å². The molecule has 0 radical (unpaired) electrons. The van der Waals surface area contributed by atoms with Crippen LogP contribution in [0.2, 0.25) is 0 Å². The van der Waals surface area contributed by atoms with Gasteiger partial charge in [-0.05, 0) is 57.3 Å². The Morgan fingerprint density at radius 1 is 0.870 bits per heavy atom. The fourth-order valence-corrected chi connectivity index (χ4v) is 4.20. The summed E-state index contributed by atoms with van der Waals surface area (Å²) in [5, 5.41) is 3.25. The van der Waals surface area contributed by atoms with E-state index in [0.717, 1.165) is 64.1 Å². The van der Waals surface area contributed by atoms with Gasteiger partial charge in [-0.2, -0.15) is 0 Å². The average Bonchev–Trinajstić information content (AvgIpc) is 3.11. The van der Waals surface area contributed by atoms with Gasteiger partial charge in [-0.15, -0.1) is 0 Å². The van der Waals surface area contributed by atoms with Crippen LogP contribution in [0, 0.1) is 11.8 Å². The molecule has 5 nitrogen and oxygen atoms in total. The van der Waals surface area contributed by atoms with E-state index in [9.17, 15) is 9.59 Å². The predicted molar refractivity (Wildman–Crippen MR) is 90.1 cm³/mol. The predicted octanol–water partition coefficient (Wildman–Crippen LogP) is 2.61. The average molecular weight is 321 g/mol. The second-order valence-corrected chi connectivity index (χ2v) is 7.73. The van der Waals surface area contributed by atoms with E-state index in [2.05, 4.69) is 12.2 Å². The molecule has 1 N–H and O–H groups in total. The van der Waals surface area contributed by atoms with Crippen molar-refractivity contribution >= 4 is 11.9 Å². The summed E-state index contributed by atoms with van der Waals surface area (Å²) in [6.45, 7) is 5.46. The number of carbonyl (C=O) groups excluding carboxylic acids is 2. The maximum atomic E-state index is 12.6. The third-order valence-corrected chi connectivity index (χ3v) is 5.80. The minimum atomic E-state index is -0.0188. The first-order valence-electron chi connectivity index (χ1n) is 9.47. The van der Waals surface area contributed by atoms with Crippen molar-refractivity contribution in [3.63, 3.8) is 0 Å². The zero-order valence-corrected chi connectivity index (χ0v) is 14.4. The normalized spacial score (nSPS) is 32.0. The number of nitrogens with zero attached hydrogens (tertiary/aromatic N) is 2. The quantitative estimate of drug-likeness (QED) is 0.850. The van der Waals surface area contributed by atoms with Crippen LogP contribution < -0.4 is 5.32 Å². The lowest BCUT2D eigenvalue weighted by molar-refractivity contribution is -0.127. The van der Waals surface area contributed by atoms with E-state index in [0.29, 0.717) is 12.6 Å². The summed E-state index contributed by atoms with van der Waals surface area (Å²) >= 11 is 0. The molecule has 3 amide bonds. The van der Waals surface area contributed by atoms with Crippen molar-refractivity contribution in [1.29, 1.82) is 0 Å². The van der Waals surface area contributed by atoms with Crippen molar-refractivity contribution < 1.29 is 9.59 Å². The zero-order valence-electron chi connectivity index (χ0n) is 14.4. The first-order valence-corrected chi connectivity index (χ1v) is 9.47. The van der Waals surface area contributed by atoms with Crippen LogP contribution >= 0.6 is 0 Å². The van der Waals surface area contributed by atoms with Gasteiger partial charge in [-0.1, -0.05) is 6.92 Å². The molecule has 3 fully saturated rings. The van der Waals surface area contributed by atoms with Gasteiger partial charge in [-0.3, -0.25) is 4.79 Å². The Morgan fingerprint density at radius 3 is 2.22 bits per heavy atom. The highest BCUT2D eigenvalue weighted by atomic mass is 16.2. The van der Waals surface area contributed by atoms with Crippen molar-refractivity contribution in [2.24, 2.45) is 11.8 Å². The van der Waals surface area contributed by atoms with Crippen LogP contribution in [0.25, 0.3) is 0 Å². The number of nitrogens with one attached hydrogen (secondary N) is 1. The number of piperidine rings is 1. The Balaban J connectivity index is 1.49. The molecule has 0 aromatic carbocycles. The first-order chi connectivity index (χ1) is 11.1. The topological polar surface area (TPSA) is 52.7 Å². The fraction of sp³-hybridized carbons (Fsp3) is 0.889.